The number of rotatable bonds is 5. The molecule has 0 radical (unpaired) electrons. The Kier molecular flexibility index (Phi) is 6.17. The first-order chi connectivity index (χ1) is 19.9. The number of ether oxygens (including phenoxy) is 2. The maximum Gasteiger partial charge on any atom is 0.264 e. The lowest BCUT2D eigenvalue weighted by Gasteiger charge is -2.52. The van der Waals surface area contributed by atoms with Crippen molar-refractivity contribution in [3.63, 3.8) is 0 Å². The number of para-hydroxylation sites is 1. The highest BCUT2D eigenvalue weighted by Crippen LogP contribution is 2.49. The first-order valence-corrected chi connectivity index (χ1v) is 14.5. The molecule has 3 fully saturated rings. The van der Waals surface area contributed by atoms with Gasteiger partial charge in [-0.3, -0.25) is 24.1 Å². The van der Waals surface area contributed by atoms with E-state index in [1.807, 2.05) is 11.0 Å². The van der Waals surface area contributed by atoms with Gasteiger partial charge < -0.3 is 24.2 Å². The van der Waals surface area contributed by atoms with Crippen LogP contribution in [0.3, 0.4) is 0 Å². The molecule has 2 aromatic rings. The molecule has 3 saturated heterocycles. The number of fused-ring (bicyclic) bond motifs is 9. The van der Waals surface area contributed by atoms with E-state index in [4.69, 9.17) is 9.47 Å². The average Bonchev–Trinajstić information content (AvgIpc) is 3.29. The van der Waals surface area contributed by atoms with E-state index >= 15 is 0 Å². The first-order valence-electron chi connectivity index (χ1n) is 14.5. The van der Waals surface area contributed by atoms with Crippen LogP contribution in [0.4, 0.5) is 5.69 Å². The van der Waals surface area contributed by atoms with Crippen LogP contribution in [0, 0.1) is 11.8 Å². The van der Waals surface area contributed by atoms with E-state index in [0.29, 0.717) is 59.3 Å². The van der Waals surface area contributed by atoms with Gasteiger partial charge in [-0.05, 0) is 49.3 Å². The minimum atomic E-state index is -0.685. The molecule has 4 amide bonds. The van der Waals surface area contributed by atoms with Gasteiger partial charge in [-0.15, -0.1) is 0 Å². The van der Waals surface area contributed by atoms with Gasteiger partial charge in [0.2, 0.25) is 11.8 Å². The molecule has 0 aromatic heterocycles. The Morgan fingerprint density at radius 2 is 1.80 bits per heavy atom. The number of piperidine rings is 3. The summed E-state index contributed by atoms with van der Waals surface area (Å²) >= 11 is 0. The molecule has 0 spiro atoms. The summed E-state index contributed by atoms with van der Waals surface area (Å²) < 4.78 is 11.1. The van der Waals surface area contributed by atoms with E-state index < -0.39 is 6.17 Å². The fourth-order valence-electron chi connectivity index (χ4n) is 7.84. The molecular weight excluding hydrogens is 524 g/mol. The van der Waals surface area contributed by atoms with Crippen LogP contribution >= 0.6 is 0 Å². The Morgan fingerprint density at radius 3 is 2.61 bits per heavy atom. The molecule has 5 aliphatic rings. The second kappa shape index (κ2) is 9.78. The molecule has 0 N–H and O–H groups in total. The third-order valence-corrected chi connectivity index (χ3v) is 9.58. The van der Waals surface area contributed by atoms with E-state index in [0.717, 1.165) is 25.8 Å². The number of benzene rings is 2. The standard InChI is InChI=1S/C31H34N4O6/c1-40-24-11-10-21-27(28(24)41-2)31(39)35-23-7-4-3-6-20(23)30(38)33(29(21)35)13-12-25(36)32-15-18-14-19(17-32)22-8-5-9-26(37)34(22)16-18/h3-4,6-7,10-11,18-19,22,29H,5,8-9,12-17H2,1-2H3/t18-,19+,22-,29+/m1/s1. The topological polar surface area (TPSA) is 99.7 Å². The van der Waals surface area contributed by atoms with Gasteiger partial charge in [0.05, 0.1) is 31.0 Å². The molecule has 4 atom stereocenters. The summed E-state index contributed by atoms with van der Waals surface area (Å²) in [7, 11) is 3.01. The van der Waals surface area contributed by atoms with Crippen molar-refractivity contribution in [2.24, 2.45) is 11.8 Å². The maximum atomic E-state index is 13.9. The van der Waals surface area contributed by atoms with Crippen molar-refractivity contribution in [2.45, 2.75) is 44.3 Å². The number of carbonyl (C=O) groups is 4. The number of anilines is 1. The fraction of sp³-hybridized carbons (Fsp3) is 0.484. The van der Waals surface area contributed by atoms with Crippen molar-refractivity contribution in [2.75, 3.05) is 45.3 Å². The van der Waals surface area contributed by atoms with Crippen LogP contribution in [-0.2, 0) is 9.59 Å². The lowest BCUT2D eigenvalue weighted by molar-refractivity contribution is -0.148. The van der Waals surface area contributed by atoms with Crippen molar-refractivity contribution in [3.8, 4) is 11.5 Å². The second-order valence-electron chi connectivity index (χ2n) is 11.7. The van der Waals surface area contributed by atoms with Crippen molar-refractivity contribution < 1.29 is 28.7 Å². The Bertz CT molecular complexity index is 1460. The third kappa shape index (κ3) is 3.90. The molecule has 2 bridgehead atoms. The normalized spacial score (nSPS) is 26.3. The summed E-state index contributed by atoms with van der Waals surface area (Å²) in [5, 5.41) is 0. The number of methoxy groups -OCH3 is 2. The fourth-order valence-corrected chi connectivity index (χ4v) is 7.84. The van der Waals surface area contributed by atoms with Crippen LogP contribution in [0.1, 0.15) is 64.5 Å². The maximum absolute atomic E-state index is 13.9. The van der Waals surface area contributed by atoms with E-state index in [9.17, 15) is 19.2 Å². The van der Waals surface area contributed by atoms with E-state index in [1.165, 1.54) is 14.2 Å². The van der Waals surface area contributed by atoms with Gasteiger partial charge in [-0.2, -0.15) is 0 Å². The highest BCUT2D eigenvalue weighted by atomic mass is 16.5. The largest absolute Gasteiger partial charge is 0.493 e. The molecule has 7 rings (SSSR count). The molecule has 5 heterocycles. The lowest BCUT2D eigenvalue weighted by Crippen LogP contribution is -2.61. The molecule has 5 aliphatic heterocycles. The second-order valence-corrected chi connectivity index (χ2v) is 11.7. The first kappa shape index (κ1) is 25.9. The Labute approximate surface area is 238 Å². The summed E-state index contributed by atoms with van der Waals surface area (Å²) in [6.07, 6.45) is 3.08. The number of carbonyl (C=O) groups excluding carboxylic acids is 4. The lowest BCUT2D eigenvalue weighted by atomic mass is 9.76. The Morgan fingerprint density at radius 1 is 0.976 bits per heavy atom. The predicted molar refractivity (Wildman–Crippen MR) is 149 cm³/mol. The quantitative estimate of drug-likeness (QED) is 0.560. The molecule has 0 unspecified atom stereocenters. The highest BCUT2D eigenvalue weighted by Gasteiger charge is 2.50. The zero-order chi connectivity index (χ0) is 28.4. The SMILES string of the molecule is COc1ccc2c(c1OC)C(=O)N1c3ccccc3C(=O)N(CCC(=O)N3C[C@H]4C[C@@H](C3)[C@H]3CCCC(=O)N3C4)[C@H]21. The Hall–Kier alpha value is -4.08. The van der Waals surface area contributed by atoms with Crippen molar-refractivity contribution in [1.82, 2.24) is 14.7 Å². The van der Waals surface area contributed by atoms with Crippen molar-refractivity contribution in [1.29, 1.82) is 0 Å². The van der Waals surface area contributed by atoms with Gasteiger partial charge in [0, 0.05) is 50.6 Å². The zero-order valence-electron chi connectivity index (χ0n) is 23.4. The van der Waals surface area contributed by atoms with Gasteiger partial charge in [-0.25, -0.2) is 0 Å². The molecular formula is C31H34N4O6. The highest BCUT2D eigenvalue weighted by molar-refractivity contribution is 6.18. The summed E-state index contributed by atoms with van der Waals surface area (Å²) in [5.41, 5.74) is 1.99. The van der Waals surface area contributed by atoms with Crippen molar-refractivity contribution >= 4 is 29.3 Å². The van der Waals surface area contributed by atoms with Gasteiger partial charge in [-0.1, -0.05) is 18.2 Å². The van der Waals surface area contributed by atoms with Crippen LogP contribution in [-0.4, -0.2) is 84.8 Å². The van der Waals surface area contributed by atoms with E-state index in [2.05, 4.69) is 4.90 Å². The number of amides is 4. The number of hydrogen-bond donors (Lipinski definition) is 0. The van der Waals surface area contributed by atoms with E-state index in [1.54, 1.807) is 40.1 Å². The van der Waals surface area contributed by atoms with Crippen LogP contribution in [0.25, 0.3) is 0 Å². The van der Waals surface area contributed by atoms with Gasteiger partial charge >= 0.3 is 0 Å². The number of nitrogens with zero attached hydrogens (tertiary/aromatic N) is 4. The Balaban J connectivity index is 1.16. The summed E-state index contributed by atoms with van der Waals surface area (Å²) in [6.45, 7) is 2.19. The molecule has 10 heteroatoms. The molecule has 41 heavy (non-hydrogen) atoms. The van der Waals surface area contributed by atoms with Crippen molar-refractivity contribution in [3.05, 3.63) is 53.1 Å². The van der Waals surface area contributed by atoms with Crippen LogP contribution in [0.5, 0.6) is 11.5 Å². The molecule has 0 saturated carbocycles. The molecule has 2 aromatic carbocycles. The molecule has 214 valence electrons. The van der Waals surface area contributed by atoms with Gasteiger partial charge in [0.15, 0.2) is 11.5 Å². The summed E-state index contributed by atoms with van der Waals surface area (Å²) in [4.78, 5) is 61.2. The van der Waals surface area contributed by atoms with Crippen LogP contribution in [0.15, 0.2) is 36.4 Å². The smallest absolute Gasteiger partial charge is 0.264 e. The number of hydrogen-bond acceptors (Lipinski definition) is 6. The summed E-state index contributed by atoms with van der Waals surface area (Å²) in [5.74, 6) is 1.14. The molecule has 10 nitrogen and oxygen atoms in total. The third-order valence-electron chi connectivity index (χ3n) is 9.58. The van der Waals surface area contributed by atoms with Crippen LogP contribution < -0.4 is 14.4 Å². The monoisotopic (exact) mass is 558 g/mol. The van der Waals surface area contributed by atoms with Gasteiger partial charge in [0.1, 0.15) is 6.17 Å². The summed E-state index contributed by atoms with van der Waals surface area (Å²) in [6, 6.07) is 10.9. The predicted octanol–water partition coefficient (Wildman–Crippen LogP) is 3.07. The minimum Gasteiger partial charge on any atom is -0.493 e. The molecule has 0 aliphatic carbocycles. The minimum absolute atomic E-state index is 0.00496. The van der Waals surface area contributed by atoms with E-state index in [-0.39, 0.29) is 48.6 Å². The van der Waals surface area contributed by atoms with Gasteiger partial charge in [0.25, 0.3) is 11.8 Å². The van der Waals surface area contributed by atoms with Crippen LogP contribution in [0.2, 0.25) is 0 Å². The zero-order valence-corrected chi connectivity index (χ0v) is 23.4. The number of likely N-dealkylation sites (tertiary alicyclic amines) is 1. The average molecular weight is 559 g/mol.